The molecule has 0 atom stereocenters. The maximum absolute atomic E-state index is 13.1. The van der Waals surface area contributed by atoms with Gasteiger partial charge in [0.15, 0.2) is 23.1 Å². The van der Waals surface area contributed by atoms with E-state index >= 15 is 0 Å². The Morgan fingerprint density at radius 3 is 2.68 bits per heavy atom. The summed E-state index contributed by atoms with van der Waals surface area (Å²) < 4.78 is 31.5. The Kier molecular flexibility index (Phi) is 2.78. The maximum Gasteiger partial charge on any atom is 0.199 e. The Bertz CT molecular complexity index is 749. The fourth-order valence-electron chi connectivity index (χ4n) is 1.99. The largest absolute Gasteiger partial charge is 0.440 e. The molecule has 96 valence electrons. The minimum absolute atomic E-state index is 0.338. The molecule has 0 unspecified atom stereocenters. The number of benzene rings is 2. The number of nitrogens with zero attached hydrogens (tertiary/aromatic N) is 1. The Balaban J connectivity index is 1.94. The minimum Gasteiger partial charge on any atom is -0.440 e. The van der Waals surface area contributed by atoms with Crippen LogP contribution in [0.3, 0.4) is 0 Å². The van der Waals surface area contributed by atoms with Crippen molar-refractivity contribution >= 4 is 11.1 Å². The van der Waals surface area contributed by atoms with Crippen LogP contribution in [0.25, 0.3) is 11.1 Å². The number of halogens is 2. The lowest BCUT2D eigenvalue weighted by Gasteiger charge is -1.98. The molecule has 0 N–H and O–H groups in total. The monoisotopic (exact) mass is 259 g/mol. The zero-order valence-electron chi connectivity index (χ0n) is 10.3. The van der Waals surface area contributed by atoms with Gasteiger partial charge >= 0.3 is 0 Å². The molecular weight excluding hydrogens is 248 g/mol. The number of rotatable bonds is 2. The topological polar surface area (TPSA) is 26.0 Å². The summed E-state index contributed by atoms with van der Waals surface area (Å²) in [5.74, 6) is -1.21. The molecule has 0 aliphatic rings. The van der Waals surface area contributed by atoms with E-state index in [1.54, 1.807) is 0 Å². The van der Waals surface area contributed by atoms with E-state index in [0.717, 1.165) is 23.2 Å². The fourth-order valence-corrected chi connectivity index (χ4v) is 1.99. The van der Waals surface area contributed by atoms with Gasteiger partial charge in [-0.05, 0) is 42.3 Å². The van der Waals surface area contributed by atoms with Crippen molar-refractivity contribution < 1.29 is 13.2 Å². The van der Waals surface area contributed by atoms with Crippen molar-refractivity contribution in [1.29, 1.82) is 0 Å². The van der Waals surface area contributed by atoms with E-state index in [2.05, 4.69) is 4.98 Å². The van der Waals surface area contributed by atoms with Crippen LogP contribution < -0.4 is 0 Å². The van der Waals surface area contributed by atoms with Crippen LogP contribution in [0.4, 0.5) is 8.78 Å². The first kappa shape index (κ1) is 11.8. The quantitative estimate of drug-likeness (QED) is 0.695. The van der Waals surface area contributed by atoms with Crippen LogP contribution in [0.2, 0.25) is 0 Å². The second-order valence-corrected chi connectivity index (χ2v) is 4.50. The lowest BCUT2D eigenvalue weighted by atomic mass is 10.1. The van der Waals surface area contributed by atoms with Gasteiger partial charge < -0.3 is 4.42 Å². The molecule has 19 heavy (non-hydrogen) atoms. The van der Waals surface area contributed by atoms with E-state index in [9.17, 15) is 8.78 Å². The highest BCUT2D eigenvalue weighted by Crippen LogP contribution is 2.19. The standard InChI is InChI=1S/C15H11F2NO/c1-9-2-5-14-13(6-9)18-15(19-14)8-10-3-4-11(16)12(17)7-10/h2-7H,8H2,1H3. The Morgan fingerprint density at radius 2 is 1.89 bits per heavy atom. The molecule has 3 rings (SSSR count). The van der Waals surface area contributed by atoms with E-state index in [4.69, 9.17) is 4.42 Å². The number of oxazole rings is 1. The smallest absolute Gasteiger partial charge is 0.199 e. The Hall–Kier alpha value is -2.23. The van der Waals surface area contributed by atoms with Crippen LogP contribution in [-0.4, -0.2) is 4.98 Å². The number of fused-ring (bicyclic) bond motifs is 1. The second kappa shape index (κ2) is 4.46. The summed E-state index contributed by atoms with van der Waals surface area (Å²) in [7, 11) is 0. The van der Waals surface area contributed by atoms with E-state index in [1.165, 1.54) is 6.07 Å². The summed E-state index contributed by atoms with van der Waals surface area (Å²) >= 11 is 0. The Labute approximate surface area is 108 Å². The van der Waals surface area contributed by atoms with Crippen LogP contribution in [-0.2, 0) is 6.42 Å². The number of aryl methyl sites for hydroxylation is 1. The van der Waals surface area contributed by atoms with E-state index in [1.807, 2.05) is 25.1 Å². The lowest BCUT2D eigenvalue weighted by molar-refractivity contribution is 0.505. The highest BCUT2D eigenvalue weighted by atomic mass is 19.2. The molecule has 0 saturated heterocycles. The minimum atomic E-state index is -0.857. The summed E-state index contributed by atoms with van der Waals surface area (Å²) in [5, 5.41) is 0. The van der Waals surface area contributed by atoms with Crippen LogP contribution in [0.15, 0.2) is 40.8 Å². The molecule has 1 aromatic heterocycles. The fraction of sp³-hybridized carbons (Fsp3) is 0.133. The summed E-state index contributed by atoms with van der Waals surface area (Å²) in [5.41, 5.74) is 3.20. The molecule has 0 bridgehead atoms. The third-order valence-corrected chi connectivity index (χ3v) is 2.93. The second-order valence-electron chi connectivity index (χ2n) is 4.50. The van der Waals surface area contributed by atoms with E-state index in [-0.39, 0.29) is 0 Å². The summed E-state index contributed by atoms with van der Waals surface area (Å²) in [6.45, 7) is 1.98. The van der Waals surface area contributed by atoms with Crippen LogP contribution in [0.1, 0.15) is 17.0 Å². The van der Waals surface area contributed by atoms with Crippen molar-refractivity contribution in [2.45, 2.75) is 13.3 Å². The SMILES string of the molecule is Cc1ccc2oc(Cc3ccc(F)c(F)c3)nc2c1. The highest BCUT2D eigenvalue weighted by molar-refractivity contribution is 5.73. The first-order chi connectivity index (χ1) is 9.11. The van der Waals surface area contributed by atoms with Crippen LogP contribution in [0.5, 0.6) is 0 Å². The van der Waals surface area contributed by atoms with Gasteiger partial charge in [0.25, 0.3) is 0 Å². The molecule has 0 radical (unpaired) electrons. The highest BCUT2D eigenvalue weighted by Gasteiger charge is 2.09. The molecule has 0 saturated carbocycles. The summed E-state index contributed by atoms with van der Waals surface area (Å²) in [6.07, 6.45) is 0.338. The molecule has 0 amide bonds. The predicted octanol–water partition coefficient (Wildman–Crippen LogP) is 4.01. The molecule has 2 nitrogen and oxygen atoms in total. The molecule has 2 aromatic carbocycles. The third kappa shape index (κ3) is 2.34. The van der Waals surface area contributed by atoms with Crippen molar-refractivity contribution in [2.24, 2.45) is 0 Å². The molecule has 0 fully saturated rings. The van der Waals surface area contributed by atoms with Gasteiger partial charge in [-0.1, -0.05) is 12.1 Å². The van der Waals surface area contributed by atoms with Crippen molar-refractivity contribution in [2.75, 3.05) is 0 Å². The van der Waals surface area contributed by atoms with Gasteiger partial charge in [-0.3, -0.25) is 0 Å². The van der Waals surface area contributed by atoms with Gasteiger partial charge in [0.05, 0.1) is 0 Å². The van der Waals surface area contributed by atoms with E-state index in [0.29, 0.717) is 23.5 Å². The van der Waals surface area contributed by atoms with Crippen molar-refractivity contribution in [3.05, 3.63) is 65.1 Å². The first-order valence-electron chi connectivity index (χ1n) is 5.92. The predicted molar refractivity (Wildman–Crippen MR) is 67.9 cm³/mol. The van der Waals surface area contributed by atoms with Crippen molar-refractivity contribution in [3.63, 3.8) is 0 Å². The third-order valence-electron chi connectivity index (χ3n) is 2.93. The number of aromatic nitrogens is 1. The molecule has 0 aliphatic carbocycles. The van der Waals surface area contributed by atoms with Gasteiger partial charge in [0.1, 0.15) is 5.52 Å². The average Bonchev–Trinajstić information content (AvgIpc) is 2.75. The molecule has 1 heterocycles. The molecule has 0 spiro atoms. The van der Waals surface area contributed by atoms with Gasteiger partial charge in [-0.25, -0.2) is 13.8 Å². The molecule has 3 aromatic rings. The maximum atomic E-state index is 13.1. The van der Waals surface area contributed by atoms with Gasteiger partial charge in [-0.15, -0.1) is 0 Å². The lowest BCUT2D eigenvalue weighted by Crippen LogP contribution is -1.91. The van der Waals surface area contributed by atoms with Crippen LogP contribution >= 0.6 is 0 Å². The molecule has 0 aliphatic heterocycles. The normalized spacial score (nSPS) is 11.1. The van der Waals surface area contributed by atoms with Crippen LogP contribution in [0, 0.1) is 18.6 Å². The van der Waals surface area contributed by atoms with Crippen molar-refractivity contribution in [1.82, 2.24) is 4.98 Å². The zero-order valence-corrected chi connectivity index (χ0v) is 10.3. The van der Waals surface area contributed by atoms with Gasteiger partial charge in [0.2, 0.25) is 0 Å². The summed E-state index contributed by atoms with van der Waals surface area (Å²) in [6, 6.07) is 9.51. The molecular formula is C15H11F2NO. The van der Waals surface area contributed by atoms with Gasteiger partial charge in [0, 0.05) is 6.42 Å². The number of hydrogen-bond donors (Lipinski definition) is 0. The average molecular weight is 259 g/mol. The Morgan fingerprint density at radius 1 is 1.05 bits per heavy atom. The zero-order chi connectivity index (χ0) is 13.4. The number of hydrogen-bond acceptors (Lipinski definition) is 2. The van der Waals surface area contributed by atoms with Crippen molar-refractivity contribution in [3.8, 4) is 0 Å². The van der Waals surface area contributed by atoms with Gasteiger partial charge in [-0.2, -0.15) is 0 Å². The first-order valence-corrected chi connectivity index (χ1v) is 5.92. The summed E-state index contributed by atoms with van der Waals surface area (Å²) in [4.78, 5) is 4.34. The van der Waals surface area contributed by atoms with E-state index < -0.39 is 11.6 Å². The molecule has 4 heteroatoms.